The molecule has 1 aromatic carbocycles. The summed E-state index contributed by atoms with van der Waals surface area (Å²) in [5, 5.41) is 10.2. The highest BCUT2D eigenvalue weighted by molar-refractivity contribution is 5.33. The predicted octanol–water partition coefficient (Wildman–Crippen LogP) is 2.15. The van der Waals surface area contributed by atoms with Crippen molar-refractivity contribution < 1.29 is 14.6 Å². The summed E-state index contributed by atoms with van der Waals surface area (Å²) in [7, 11) is 0. The molecule has 21 heavy (non-hydrogen) atoms. The normalized spacial score (nSPS) is 24.8. The maximum atomic E-state index is 10.2. The number of benzene rings is 1. The maximum absolute atomic E-state index is 10.2. The lowest BCUT2D eigenvalue weighted by Crippen LogP contribution is -2.48. The third kappa shape index (κ3) is 4.99. The minimum atomic E-state index is -0.482. The van der Waals surface area contributed by atoms with Crippen molar-refractivity contribution in [3.8, 4) is 5.75 Å². The molecule has 0 unspecified atom stereocenters. The second kappa shape index (κ2) is 7.25. The zero-order valence-electron chi connectivity index (χ0n) is 13.5. The quantitative estimate of drug-likeness (QED) is 0.903. The maximum Gasteiger partial charge on any atom is 0.119 e. The summed E-state index contributed by atoms with van der Waals surface area (Å²) in [6, 6.07) is 6.01. The summed E-state index contributed by atoms with van der Waals surface area (Å²) < 4.78 is 11.4. The van der Waals surface area contributed by atoms with Crippen molar-refractivity contribution in [3.05, 3.63) is 29.3 Å². The molecule has 0 radical (unpaired) electrons. The molecule has 0 aromatic heterocycles. The predicted molar refractivity (Wildman–Crippen MR) is 83.9 cm³/mol. The van der Waals surface area contributed by atoms with Gasteiger partial charge in [-0.25, -0.2) is 0 Å². The minimum absolute atomic E-state index is 0.224. The van der Waals surface area contributed by atoms with Gasteiger partial charge >= 0.3 is 0 Å². The zero-order chi connectivity index (χ0) is 15.4. The number of aliphatic hydroxyl groups is 1. The molecule has 0 amide bonds. The Bertz CT molecular complexity index is 453. The molecule has 4 heteroatoms. The van der Waals surface area contributed by atoms with Crippen LogP contribution in [0.15, 0.2) is 18.2 Å². The van der Waals surface area contributed by atoms with Crippen LogP contribution in [0.3, 0.4) is 0 Å². The fourth-order valence-corrected chi connectivity index (χ4v) is 2.78. The zero-order valence-corrected chi connectivity index (χ0v) is 13.5. The van der Waals surface area contributed by atoms with Gasteiger partial charge in [-0.05, 0) is 51.0 Å². The van der Waals surface area contributed by atoms with Gasteiger partial charge in [-0.15, -0.1) is 0 Å². The molecule has 0 aliphatic carbocycles. The molecule has 1 saturated heterocycles. The number of ether oxygens (including phenoxy) is 2. The Morgan fingerprint density at radius 1 is 1.24 bits per heavy atom. The largest absolute Gasteiger partial charge is 0.491 e. The summed E-state index contributed by atoms with van der Waals surface area (Å²) >= 11 is 0. The summed E-state index contributed by atoms with van der Waals surface area (Å²) in [5.74, 6) is 0.820. The average molecular weight is 293 g/mol. The van der Waals surface area contributed by atoms with E-state index in [1.807, 2.05) is 18.2 Å². The van der Waals surface area contributed by atoms with Gasteiger partial charge in [0.2, 0.25) is 0 Å². The third-order valence-electron chi connectivity index (χ3n) is 3.88. The van der Waals surface area contributed by atoms with Crippen molar-refractivity contribution in [2.45, 2.75) is 46.0 Å². The number of hydrogen-bond acceptors (Lipinski definition) is 4. The van der Waals surface area contributed by atoms with Crippen molar-refractivity contribution >= 4 is 0 Å². The van der Waals surface area contributed by atoms with Gasteiger partial charge in [0.25, 0.3) is 0 Å². The van der Waals surface area contributed by atoms with Gasteiger partial charge in [0, 0.05) is 19.6 Å². The van der Waals surface area contributed by atoms with Crippen LogP contribution in [0.25, 0.3) is 0 Å². The first-order valence-electron chi connectivity index (χ1n) is 7.70. The van der Waals surface area contributed by atoms with E-state index in [9.17, 15) is 5.11 Å². The lowest BCUT2D eigenvalue weighted by atomic mass is 10.1. The van der Waals surface area contributed by atoms with E-state index in [2.05, 4.69) is 32.6 Å². The van der Waals surface area contributed by atoms with Crippen molar-refractivity contribution in [3.63, 3.8) is 0 Å². The van der Waals surface area contributed by atoms with E-state index in [1.54, 1.807) is 0 Å². The highest BCUT2D eigenvalue weighted by Gasteiger charge is 2.23. The van der Waals surface area contributed by atoms with Crippen molar-refractivity contribution in [2.24, 2.45) is 0 Å². The molecule has 3 atom stereocenters. The second-order valence-electron chi connectivity index (χ2n) is 6.19. The fourth-order valence-electron chi connectivity index (χ4n) is 2.78. The van der Waals surface area contributed by atoms with Crippen LogP contribution in [-0.2, 0) is 4.74 Å². The van der Waals surface area contributed by atoms with Gasteiger partial charge < -0.3 is 14.6 Å². The van der Waals surface area contributed by atoms with Gasteiger partial charge in [0.05, 0.1) is 12.2 Å². The SMILES string of the molecule is Cc1ccc(OC[C@H](O)CN2C[C@@H](C)O[C@H](C)C2)cc1C. The Hall–Kier alpha value is -1.10. The van der Waals surface area contributed by atoms with Crippen LogP contribution < -0.4 is 4.74 Å². The lowest BCUT2D eigenvalue weighted by molar-refractivity contribution is -0.0786. The van der Waals surface area contributed by atoms with Gasteiger partial charge in [-0.3, -0.25) is 4.90 Å². The van der Waals surface area contributed by atoms with Gasteiger partial charge in [-0.2, -0.15) is 0 Å². The Labute approximate surface area is 127 Å². The van der Waals surface area contributed by atoms with E-state index in [4.69, 9.17) is 9.47 Å². The molecule has 1 aliphatic rings. The van der Waals surface area contributed by atoms with Crippen LogP contribution in [-0.4, -0.2) is 54.6 Å². The summed E-state index contributed by atoms with van der Waals surface area (Å²) in [5.41, 5.74) is 2.46. The van der Waals surface area contributed by atoms with Crippen molar-refractivity contribution in [2.75, 3.05) is 26.2 Å². The first kappa shape index (κ1) is 16.3. The molecular formula is C17H27NO3. The van der Waals surface area contributed by atoms with Crippen LogP contribution >= 0.6 is 0 Å². The van der Waals surface area contributed by atoms with Gasteiger partial charge in [0.15, 0.2) is 0 Å². The Morgan fingerprint density at radius 3 is 2.52 bits per heavy atom. The first-order chi connectivity index (χ1) is 9.94. The molecule has 0 bridgehead atoms. The van der Waals surface area contributed by atoms with Crippen molar-refractivity contribution in [1.82, 2.24) is 4.90 Å². The topological polar surface area (TPSA) is 41.9 Å². The molecule has 1 N–H and O–H groups in total. The Kier molecular flexibility index (Phi) is 5.62. The number of nitrogens with zero attached hydrogens (tertiary/aromatic N) is 1. The molecule has 1 fully saturated rings. The molecule has 1 aromatic rings. The standard InChI is InChI=1S/C17H27NO3/c1-12-5-6-17(7-13(12)2)20-11-16(19)10-18-8-14(3)21-15(4)9-18/h5-7,14-16,19H,8-11H2,1-4H3/t14-,15-,16-/m1/s1. The number of β-amino-alcohol motifs (C(OH)–C–C–N with tert-alkyl or cyclic N) is 1. The van der Waals surface area contributed by atoms with E-state index >= 15 is 0 Å². The lowest BCUT2D eigenvalue weighted by Gasteiger charge is -2.36. The summed E-state index contributed by atoms with van der Waals surface area (Å²) in [6.45, 7) is 11.0. The fraction of sp³-hybridized carbons (Fsp3) is 0.647. The minimum Gasteiger partial charge on any atom is -0.491 e. The molecule has 4 nitrogen and oxygen atoms in total. The number of hydrogen-bond donors (Lipinski definition) is 1. The number of aryl methyl sites for hydroxylation is 2. The molecule has 0 spiro atoms. The second-order valence-corrected chi connectivity index (χ2v) is 6.19. The average Bonchev–Trinajstić information content (AvgIpc) is 2.39. The van der Waals surface area contributed by atoms with E-state index in [1.165, 1.54) is 11.1 Å². The van der Waals surface area contributed by atoms with E-state index < -0.39 is 6.10 Å². The van der Waals surface area contributed by atoms with E-state index in [-0.39, 0.29) is 12.2 Å². The van der Waals surface area contributed by atoms with E-state index in [0.717, 1.165) is 18.8 Å². The van der Waals surface area contributed by atoms with Gasteiger partial charge in [-0.1, -0.05) is 6.07 Å². The summed E-state index contributed by atoms with van der Waals surface area (Å²) in [6.07, 6.45) is -0.0349. The van der Waals surface area contributed by atoms with Crippen molar-refractivity contribution in [1.29, 1.82) is 0 Å². The van der Waals surface area contributed by atoms with Gasteiger partial charge in [0.1, 0.15) is 18.5 Å². The number of morpholine rings is 1. The highest BCUT2D eigenvalue weighted by Crippen LogP contribution is 2.17. The first-order valence-corrected chi connectivity index (χ1v) is 7.70. The molecule has 118 valence electrons. The van der Waals surface area contributed by atoms with E-state index in [0.29, 0.717) is 13.2 Å². The highest BCUT2D eigenvalue weighted by atomic mass is 16.5. The smallest absolute Gasteiger partial charge is 0.119 e. The number of aliphatic hydroxyl groups excluding tert-OH is 1. The number of rotatable bonds is 5. The van der Waals surface area contributed by atoms with Crippen LogP contribution in [0.1, 0.15) is 25.0 Å². The van der Waals surface area contributed by atoms with Crippen LogP contribution in [0.2, 0.25) is 0 Å². The van der Waals surface area contributed by atoms with Crippen LogP contribution in [0.4, 0.5) is 0 Å². The molecule has 2 rings (SSSR count). The molecule has 0 saturated carbocycles. The monoisotopic (exact) mass is 293 g/mol. The summed E-state index contributed by atoms with van der Waals surface area (Å²) in [4.78, 5) is 2.24. The third-order valence-corrected chi connectivity index (χ3v) is 3.88. The van der Waals surface area contributed by atoms with Crippen LogP contribution in [0, 0.1) is 13.8 Å². The van der Waals surface area contributed by atoms with Crippen LogP contribution in [0.5, 0.6) is 5.75 Å². The Balaban J connectivity index is 1.79. The molecule has 1 aliphatic heterocycles. The molecular weight excluding hydrogens is 266 g/mol. The Morgan fingerprint density at radius 2 is 1.90 bits per heavy atom. The molecule has 1 heterocycles.